The Kier molecular flexibility index (Phi) is 4.87. The second kappa shape index (κ2) is 7.36. The number of amides is 1. The smallest absolute Gasteiger partial charge is 0.410 e. The molecular weight excluding hydrogens is 440 g/mol. The van der Waals surface area contributed by atoms with Crippen molar-refractivity contribution in [2.24, 2.45) is 0 Å². The molecule has 3 aromatic rings. The van der Waals surface area contributed by atoms with Crippen molar-refractivity contribution in [3.63, 3.8) is 0 Å². The number of carbonyl (C=O) groups excluding carboxylic acids is 2. The van der Waals surface area contributed by atoms with Gasteiger partial charge in [0, 0.05) is 40.1 Å². The fourth-order valence-corrected chi connectivity index (χ4v) is 4.08. The maximum absolute atomic E-state index is 13.3. The van der Waals surface area contributed by atoms with Crippen LogP contribution in [0.15, 0.2) is 59.2 Å². The van der Waals surface area contributed by atoms with E-state index in [0.29, 0.717) is 11.8 Å². The van der Waals surface area contributed by atoms with Crippen molar-refractivity contribution >= 4 is 44.7 Å². The van der Waals surface area contributed by atoms with Crippen LogP contribution in [0.25, 0.3) is 10.9 Å². The summed E-state index contributed by atoms with van der Waals surface area (Å²) in [7, 11) is 0. The number of aromatic nitrogens is 1. The number of carbonyl (C=O) groups is 3. The maximum atomic E-state index is 13.3. The summed E-state index contributed by atoms with van der Waals surface area (Å²) in [5.41, 5.74) is -0.640. The van der Waals surface area contributed by atoms with Gasteiger partial charge in [-0.05, 0) is 24.6 Å². The molecule has 1 aliphatic rings. The van der Waals surface area contributed by atoms with E-state index in [0.717, 1.165) is 14.9 Å². The summed E-state index contributed by atoms with van der Waals surface area (Å²) >= 11 is 3.38. The predicted octanol–water partition coefficient (Wildman–Crippen LogP) is 4.44. The Morgan fingerprint density at radius 1 is 1.14 bits per heavy atom. The van der Waals surface area contributed by atoms with Crippen LogP contribution in [0.2, 0.25) is 0 Å². The van der Waals surface area contributed by atoms with Crippen molar-refractivity contribution in [3.8, 4) is 0 Å². The summed E-state index contributed by atoms with van der Waals surface area (Å²) in [6, 6.07) is 13.7. The van der Waals surface area contributed by atoms with E-state index < -0.39 is 23.6 Å². The Hall–Kier alpha value is -3.13. The molecule has 2 aromatic carbocycles. The van der Waals surface area contributed by atoms with Gasteiger partial charge in [-0.2, -0.15) is 0 Å². The molecule has 0 unspecified atom stereocenters. The molecule has 4 rings (SSSR count). The van der Waals surface area contributed by atoms with Crippen molar-refractivity contribution in [3.05, 3.63) is 70.3 Å². The van der Waals surface area contributed by atoms with Gasteiger partial charge in [-0.25, -0.2) is 9.59 Å². The molecule has 1 atom stereocenters. The molecule has 1 saturated heterocycles. The van der Waals surface area contributed by atoms with Crippen LogP contribution in [0.3, 0.4) is 0 Å². The number of hydrogen-bond donors (Lipinski definition) is 2. The van der Waals surface area contributed by atoms with E-state index >= 15 is 0 Å². The number of benzene rings is 2. The fourth-order valence-electron chi connectivity index (χ4n) is 3.72. The highest BCUT2D eigenvalue weighted by Gasteiger charge is 2.54. The number of rotatable bonds is 4. The summed E-state index contributed by atoms with van der Waals surface area (Å²) in [6.45, 7) is 0.112. The largest absolute Gasteiger partial charge is 0.465 e. The Balaban J connectivity index is 1.76. The highest BCUT2D eigenvalue weighted by atomic mass is 79.9. The second-order valence-corrected chi connectivity index (χ2v) is 7.71. The van der Waals surface area contributed by atoms with Gasteiger partial charge >= 0.3 is 12.1 Å². The number of nitrogens with one attached hydrogen (secondary N) is 1. The molecule has 29 heavy (non-hydrogen) atoms. The third-order valence-electron chi connectivity index (χ3n) is 5.08. The molecule has 1 aromatic heterocycles. The van der Waals surface area contributed by atoms with Crippen LogP contribution >= 0.6 is 15.9 Å². The molecule has 7 nitrogen and oxygen atoms in total. The van der Waals surface area contributed by atoms with Gasteiger partial charge in [-0.1, -0.05) is 46.3 Å². The van der Waals surface area contributed by atoms with Crippen LogP contribution in [0.5, 0.6) is 0 Å². The monoisotopic (exact) mass is 456 g/mol. The standard InChI is InChI=1S/C21H17BrN2O5/c22-14-7-8-17-15(11-14)16(12-23-17)19(26)29-21(9-4-10-24(21)20(27)28)18(25)13-5-2-1-3-6-13/h1-3,5-8,11-12,23H,4,9-10H2,(H,27,28)/t21-/m1/s1. The third-order valence-corrected chi connectivity index (χ3v) is 5.57. The van der Waals surface area contributed by atoms with Crippen LogP contribution in [0, 0.1) is 0 Å². The lowest BCUT2D eigenvalue weighted by Crippen LogP contribution is -2.55. The molecule has 0 spiro atoms. The first-order valence-corrected chi connectivity index (χ1v) is 9.82. The minimum Gasteiger partial charge on any atom is -0.465 e. The van der Waals surface area contributed by atoms with E-state index in [1.165, 1.54) is 6.20 Å². The molecule has 1 aliphatic heterocycles. The Bertz CT molecular complexity index is 1110. The maximum Gasteiger partial charge on any atom is 0.410 e. The molecule has 148 valence electrons. The molecule has 0 radical (unpaired) electrons. The molecular formula is C21H17BrN2O5. The summed E-state index contributed by atoms with van der Waals surface area (Å²) in [5, 5.41) is 10.3. The first-order valence-electron chi connectivity index (χ1n) is 9.03. The van der Waals surface area contributed by atoms with E-state index in [2.05, 4.69) is 20.9 Å². The Morgan fingerprint density at radius 3 is 2.62 bits per heavy atom. The lowest BCUT2D eigenvalue weighted by atomic mass is 9.98. The highest BCUT2D eigenvalue weighted by molar-refractivity contribution is 9.10. The van der Waals surface area contributed by atoms with E-state index in [-0.39, 0.29) is 24.1 Å². The number of ketones is 1. The minimum atomic E-state index is -1.89. The third kappa shape index (κ3) is 3.29. The van der Waals surface area contributed by atoms with Crippen LogP contribution in [0.1, 0.15) is 33.6 Å². The van der Waals surface area contributed by atoms with Gasteiger partial charge in [-0.3, -0.25) is 9.69 Å². The van der Waals surface area contributed by atoms with Gasteiger partial charge < -0.3 is 14.8 Å². The lowest BCUT2D eigenvalue weighted by Gasteiger charge is -2.34. The number of Topliss-reactive ketones (excluding diaryl/α,β-unsaturated/α-hetero) is 1. The number of esters is 1. The van der Waals surface area contributed by atoms with Crippen molar-refractivity contribution in [2.75, 3.05) is 6.54 Å². The molecule has 0 saturated carbocycles. The first-order chi connectivity index (χ1) is 13.9. The molecule has 0 aliphatic carbocycles. The number of likely N-dealkylation sites (tertiary alicyclic amines) is 1. The van der Waals surface area contributed by atoms with Crippen LogP contribution < -0.4 is 0 Å². The summed E-state index contributed by atoms with van der Waals surface area (Å²) in [4.78, 5) is 42.1. The zero-order chi connectivity index (χ0) is 20.6. The van der Waals surface area contributed by atoms with Gasteiger partial charge in [0.05, 0.1) is 5.56 Å². The van der Waals surface area contributed by atoms with Gasteiger partial charge in [0.15, 0.2) is 0 Å². The average molecular weight is 457 g/mol. The van der Waals surface area contributed by atoms with Gasteiger partial charge in [0.2, 0.25) is 5.78 Å². The zero-order valence-corrected chi connectivity index (χ0v) is 16.8. The fraction of sp³-hybridized carbons (Fsp3) is 0.190. The van der Waals surface area contributed by atoms with Crippen molar-refractivity contribution in [2.45, 2.75) is 18.6 Å². The Morgan fingerprint density at radius 2 is 1.90 bits per heavy atom. The highest BCUT2D eigenvalue weighted by Crippen LogP contribution is 2.36. The van der Waals surface area contributed by atoms with Crippen LogP contribution in [-0.4, -0.2) is 45.1 Å². The summed E-state index contributed by atoms with van der Waals surface area (Å²) in [5.74, 6) is -1.31. The normalized spacial score (nSPS) is 18.7. The number of nitrogens with zero attached hydrogens (tertiary/aromatic N) is 1. The van der Waals surface area contributed by atoms with Crippen molar-refractivity contribution in [1.82, 2.24) is 9.88 Å². The van der Waals surface area contributed by atoms with Crippen LogP contribution in [-0.2, 0) is 4.74 Å². The van der Waals surface area contributed by atoms with E-state index in [4.69, 9.17) is 4.74 Å². The topological polar surface area (TPSA) is 99.7 Å². The van der Waals surface area contributed by atoms with Crippen molar-refractivity contribution in [1.29, 1.82) is 0 Å². The van der Waals surface area contributed by atoms with Crippen LogP contribution in [0.4, 0.5) is 4.79 Å². The first kappa shape index (κ1) is 19.2. The number of fused-ring (bicyclic) bond motifs is 1. The molecule has 0 bridgehead atoms. The van der Waals surface area contributed by atoms with Gasteiger partial charge in [-0.15, -0.1) is 0 Å². The Labute approximate surface area is 174 Å². The average Bonchev–Trinajstić information content (AvgIpc) is 3.32. The lowest BCUT2D eigenvalue weighted by molar-refractivity contribution is -0.0617. The summed E-state index contributed by atoms with van der Waals surface area (Å²) < 4.78 is 6.48. The number of H-pyrrole nitrogens is 1. The quantitative estimate of drug-likeness (QED) is 0.446. The van der Waals surface area contributed by atoms with E-state index in [1.54, 1.807) is 42.5 Å². The number of hydrogen-bond acceptors (Lipinski definition) is 4. The molecule has 1 fully saturated rings. The number of carboxylic acid groups (broad SMARTS) is 1. The van der Waals surface area contributed by atoms with Crippen molar-refractivity contribution < 1.29 is 24.2 Å². The van der Waals surface area contributed by atoms with E-state index in [1.807, 2.05) is 6.07 Å². The number of aromatic amines is 1. The number of halogens is 1. The minimum absolute atomic E-state index is 0.102. The predicted molar refractivity (Wildman–Crippen MR) is 109 cm³/mol. The molecule has 8 heteroatoms. The number of ether oxygens (including phenoxy) is 1. The van der Waals surface area contributed by atoms with E-state index in [9.17, 15) is 19.5 Å². The zero-order valence-electron chi connectivity index (χ0n) is 15.2. The van der Waals surface area contributed by atoms with Gasteiger partial charge in [0.25, 0.3) is 5.72 Å². The molecule has 2 heterocycles. The van der Waals surface area contributed by atoms with Gasteiger partial charge in [0.1, 0.15) is 0 Å². The molecule has 1 amide bonds. The SMILES string of the molecule is O=C(O[C@@]1(C(=O)c2ccccc2)CCCN1C(=O)O)c1c[nH]c2ccc(Br)cc12. The second-order valence-electron chi connectivity index (χ2n) is 6.80. The molecule has 2 N–H and O–H groups in total. The summed E-state index contributed by atoms with van der Waals surface area (Å²) in [6.07, 6.45) is 0.712.